The number of Topliss-reactive ketones (excluding diaryl/α,β-unsaturated/α-hetero) is 1. The molecule has 2 saturated carbocycles. The molecule has 13 heteroatoms. The van der Waals surface area contributed by atoms with Crippen molar-refractivity contribution in [3.05, 3.63) is 65.9 Å². The second-order valence-electron chi connectivity index (χ2n) is 16.0. The fourth-order valence-electron chi connectivity index (χ4n) is 9.22. The van der Waals surface area contributed by atoms with Crippen LogP contribution in [-0.2, 0) is 29.8 Å². The molecule has 2 aliphatic heterocycles. The van der Waals surface area contributed by atoms with Gasteiger partial charge in [-0.15, -0.1) is 0 Å². The van der Waals surface area contributed by atoms with Gasteiger partial charge in [0.2, 0.25) is 19.2 Å². The Morgan fingerprint density at radius 3 is 2.42 bits per heavy atom. The highest BCUT2D eigenvalue weighted by Gasteiger charge is 2.66. The molecule has 10 nitrogen and oxygen atoms in total. The molecule has 4 fully saturated rings. The van der Waals surface area contributed by atoms with Crippen molar-refractivity contribution in [1.82, 2.24) is 9.88 Å². The van der Waals surface area contributed by atoms with Gasteiger partial charge in [0.25, 0.3) is 0 Å². The second kappa shape index (κ2) is 16.7. The van der Waals surface area contributed by atoms with Crippen LogP contribution in [0.2, 0.25) is 0 Å². The van der Waals surface area contributed by atoms with Crippen LogP contribution in [0.15, 0.2) is 48.7 Å². The molecule has 0 spiro atoms. The minimum Gasteiger partial charge on any atom is -0.497 e. The summed E-state index contributed by atoms with van der Waals surface area (Å²) in [6.45, 7) is 0.0469. The lowest BCUT2D eigenvalue weighted by Crippen LogP contribution is -2.45. The molecule has 2 unspecified atom stereocenters. The standard InChI is InChI=1S/C42H51F2N2O8P/c1-52-31-16-17-33-27(20-31)18-19-45-40(33)54-32-22-37-38(47)24-42(55(50,51)26-34-35(43)14-9-15-36(34)44)23-29(42)11-6-4-2-3-5-10-28(41(49)46(37)25-32)21-39(48)53-30-12-7-8-13-30/h9,14-20,28-30,32,37H,2-8,10-13,21-26H2,1H3,(H,50,51)/t28?,29-,32-,37+,42-/m1/s1. The van der Waals surface area contributed by atoms with Gasteiger partial charge >= 0.3 is 5.97 Å². The number of aromatic nitrogens is 1. The number of nitrogens with zero attached hydrogens (tertiary/aromatic N) is 2. The first-order valence-corrected chi connectivity index (χ1v) is 21.7. The third-order valence-electron chi connectivity index (χ3n) is 12.4. The Bertz CT molecular complexity index is 1940. The summed E-state index contributed by atoms with van der Waals surface area (Å²) in [5.74, 6) is -2.98. The molecule has 1 amide bonds. The van der Waals surface area contributed by atoms with Gasteiger partial charge in [-0.05, 0) is 92.6 Å². The van der Waals surface area contributed by atoms with Crippen molar-refractivity contribution in [3.8, 4) is 11.6 Å². The minimum atomic E-state index is -4.37. The first-order chi connectivity index (χ1) is 26.5. The van der Waals surface area contributed by atoms with Gasteiger partial charge in [0, 0.05) is 35.9 Å². The van der Waals surface area contributed by atoms with Crippen molar-refractivity contribution in [1.29, 1.82) is 0 Å². The first kappa shape index (κ1) is 39.3. The minimum absolute atomic E-state index is 0.0469. The molecule has 1 aromatic heterocycles. The number of hydrogen-bond acceptors (Lipinski definition) is 8. The van der Waals surface area contributed by atoms with E-state index in [4.69, 9.17) is 14.2 Å². The van der Waals surface area contributed by atoms with Gasteiger partial charge in [0.05, 0.1) is 37.4 Å². The van der Waals surface area contributed by atoms with Gasteiger partial charge in [0.1, 0.15) is 29.6 Å². The van der Waals surface area contributed by atoms with E-state index in [2.05, 4.69) is 4.98 Å². The number of fused-ring (bicyclic) bond motifs is 3. The summed E-state index contributed by atoms with van der Waals surface area (Å²) in [7, 11) is -2.79. The smallest absolute Gasteiger partial charge is 0.306 e. The topological polar surface area (TPSA) is 132 Å². The van der Waals surface area contributed by atoms with Crippen molar-refractivity contribution < 1.29 is 46.8 Å². The summed E-state index contributed by atoms with van der Waals surface area (Å²) in [6.07, 6.45) is 8.83. The Labute approximate surface area is 320 Å². The van der Waals surface area contributed by atoms with Crippen LogP contribution in [0.3, 0.4) is 0 Å². The Balaban J connectivity index is 1.19. The summed E-state index contributed by atoms with van der Waals surface area (Å²) in [5.41, 5.74) is -0.463. The van der Waals surface area contributed by atoms with Gasteiger partial charge in [-0.2, -0.15) is 0 Å². The maximum Gasteiger partial charge on any atom is 0.306 e. The van der Waals surface area contributed by atoms with Crippen molar-refractivity contribution in [3.63, 3.8) is 0 Å². The van der Waals surface area contributed by atoms with Crippen LogP contribution in [0.4, 0.5) is 8.78 Å². The maximum absolute atomic E-state index is 14.8. The van der Waals surface area contributed by atoms with Crippen molar-refractivity contribution in [2.75, 3.05) is 13.7 Å². The van der Waals surface area contributed by atoms with E-state index < -0.39 is 65.7 Å². The number of hydrogen-bond donors (Lipinski definition) is 1. The lowest BCUT2D eigenvalue weighted by molar-refractivity contribution is -0.154. The Morgan fingerprint density at radius 1 is 0.964 bits per heavy atom. The van der Waals surface area contributed by atoms with Crippen LogP contribution in [0.5, 0.6) is 11.6 Å². The number of esters is 1. The van der Waals surface area contributed by atoms with Crippen molar-refractivity contribution in [2.24, 2.45) is 11.8 Å². The van der Waals surface area contributed by atoms with Crippen molar-refractivity contribution in [2.45, 2.75) is 126 Å². The van der Waals surface area contributed by atoms with Gasteiger partial charge in [-0.1, -0.05) is 38.2 Å². The van der Waals surface area contributed by atoms with E-state index in [0.717, 1.165) is 80.7 Å². The third-order valence-corrected chi connectivity index (χ3v) is 15.3. The van der Waals surface area contributed by atoms with E-state index in [9.17, 15) is 32.6 Å². The SMILES string of the molecule is COc1ccc2c(O[C@@H]3C[C@H]4C(=O)C[C@]5(P(=O)(O)Cc6c(F)cccc6F)C[C@H]5CCCCCCCC(CC(=O)OC5CCCC5)C(=O)N4C3)nccc2c1. The first-order valence-electron chi connectivity index (χ1n) is 19.8. The summed E-state index contributed by atoms with van der Waals surface area (Å²) < 4.78 is 61.7. The molecule has 7 rings (SSSR count). The van der Waals surface area contributed by atoms with Gasteiger partial charge < -0.3 is 24.0 Å². The predicted octanol–water partition coefficient (Wildman–Crippen LogP) is 8.29. The van der Waals surface area contributed by atoms with E-state index in [1.54, 1.807) is 19.4 Å². The number of pyridine rings is 1. The Morgan fingerprint density at radius 2 is 1.67 bits per heavy atom. The van der Waals surface area contributed by atoms with E-state index in [-0.39, 0.29) is 50.2 Å². The number of ether oxygens (including phenoxy) is 3. The average Bonchev–Trinajstić information content (AvgIpc) is 3.43. The molecule has 3 heterocycles. The predicted molar refractivity (Wildman–Crippen MR) is 202 cm³/mol. The highest BCUT2D eigenvalue weighted by molar-refractivity contribution is 7.59. The summed E-state index contributed by atoms with van der Waals surface area (Å²) in [4.78, 5) is 60.3. The van der Waals surface area contributed by atoms with Crippen LogP contribution >= 0.6 is 7.37 Å². The molecule has 296 valence electrons. The number of carbonyl (C=O) groups excluding carboxylic acids is 3. The lowest BCUT2D eigenvalue weighted by atomic mass is 9.94. The molecular formula is C42H51F2N2O8P. The lowest BCUT2D eigenvalue weighted by Gasteiger charge is -2.30. The molecule has 6 atom stereocenters. The second-order valence-corrected chi connectivity index (χ2v) is 18.6. The van der Waals surface area contributed by atoms with Crippen LogP contribution < -0.4 is 9.47 Å². The Kier molecular flexibility index (Phi) is 11.9. The van der Waals surface area contributed by atoms with Gasteiger partial charge in [0.15, 0.2) is 5.78 Å². The largest absolute Gasteiger partial charge is 0.497 e. The summed E-state index contributed by atoms with van der Waals surface area (Å²) in [6, 6.07) is 9.64. The van der Waals surface area contributed by atoms with Crippen LogP contribution in [-0.4, -0.2) is 69.5 Å². The molecule has 1 N–H and O–H groups in total. The summed E-state index contributed by atoms with van der Waals surface area (Å²) >= 11 is 0. The highest BCUT2D eigenvalue weighted by Crippen LogP contribution is 2.75. The normalized spacial score (nSPS) is 27.7. The Hall–Kier alpha value is -3.89. The van der Waals surface area contributed by atoms with Crippen LogP contribution in [0.1, 0.15) is 102 Å². The number of benzene rings is 2. The number of methoxy groups -OCH3 is 1. The molecular weight excluding hydrogens is 729 g/mol. The maximum atomic E-state index is 14.8. The zero-order valence-electron chi connectivity index (χ0n) is 31.4. The molecule has 2 aromatic carbocycles. The van der Waals surface area contributed by atoms with E-state index in [0.29, 0.717) is 24.5 Å². The van der Waals surface area contributed by atoms with Gasteiger partial charge in [-0.3, -0.25) is 18.9 Å². The quantitative estimate of drug-likeness (QED) is 0.168. The summed E-state index contributed by atoms with van der Waals surface area (Å²) in [5, 5.41) is 0.184. The van der Waals surface area contributed by atoms with Gasteiger partial charge in [-0.25, -0.2) is 13.8 Å². The van der Waals surface area contributed by atoms with E-state index in [1.807, 2.05) is 18.2 Å². The zero-order chi connectivity index (χ0) is 38.7. The fourth-order valence-corrected chi connectivity index (χ4v) is 11.9. The number of halogens is 2. The number of carbonyl (C=O) groups is 3. The van der Waals surface area contributed by atoms with E-state index in [1.165, 1.54) is 11.0 Å². The number of ketones is 1. The monoisotopic (exact) mass is 780 g/mol. The molecule has 2 saturated heterocycles. The molecule has 0 radical (unpaired) electrons. The third kappa shape index (κ3) is 8.60. The zero-order valence-corrected chi connectivity index (χ0v) is 32.3. The van der Waals surface area contributed by atoms with Crippen LogP contribution in [0, 0.1) is 23.5 Å². The molecule has 55 heavy (non-hydrogen) atoms. The molecule has 0 bridgehead atoms. The number of rotatable bonds is 9. The molecule has 3 aromatic rings. The van der Waals surface area contributed by atoms with E-state index >= 15 is 0 Å². The van der Waals surface area contributed by atoms with Crippen LogP contribution in [0.25, 0.3) is 10.8 Å². The molecule has 2 aliphatic carbocycles. The fraction of sp³-hybridized carbons (Fsp3) is 0.571. The van der Waals surface area contributed by atoms with Crippen molar-refractivity contribution >= 4 is 35.8 Å². The average molecular weight is 781 g/mol. The number of amides is 1. The highest BCUT2D eigenvalue weighted by atomic mass is 31.2. The molecule has 4 aliphatic rings.